The van der Waals surface area contributed by atoms with Gasteiger partial charge in [-0.2, -0.15) is 0 Å². The van der Waals surface area contributed by atoms with Crippen molar-refractivity contribution in [2.45, 2.75) is 32.1 Å². The number of hydrogen-bond donors (Lipinski definition) is 1. The molecule has 1 aliphatic heterocycles. The number of rotatable bonds is 4. The Kier molecular flexibility index (Phi) is 5.56. The normalized spacial score (nSPS) is 21.2. The first-order valence-electron chi connectivity index (χ1n) is 10.5. The van der Waals surface area contributed by atoms with Gasteiger partial charge in [0.25, 0.3) is 0 Å². The zero-order chi connectivity index (χ0) is 20.4. The molecule has 4 rings (SSSR count). The first-order valence-corrected chi connectivity index (χ1v) is 10.5. The van der Waals surface area contributed by atoms with Crippen LogP contribution >= 0.6 is 0 Å². The maximum absolute atomic E-state index is 12.8. The quantitative estimate of drug-likeness (QED) is 0.870. The molecule has 29 heavy (non-hydrogen) atoms. The molecule has 0 radical (unpaired) electrons. The molecule has 5 nitrogen and oxygen atoms in total. The molecule has 5 heteroatoms. The van der Waals surface area contributed by atoms with Gasteiger partial charge in [0.2, 0.25) is 11.8 Å². The van der Waals surface area contributed by atoms with Gasteiger partial charge < -0.3 is 15.1 Å². The summed E-state index contributed by atoms with van der Waals surface area (Å²) < 4.78 is 0. The lowest BCUT2D eigenvalue weighted by molar-refractivity contribution is -0.122. The van der Waals surface area contributed by atoms with Crippen LogP contribution in [0.15, 0.2) is 48.5 Å². The number of nitrogens with one attached hydrogen (secondary N) is 1. The third kappa shape index (κ3) is 4.00. The predicted octanol–water partition coefficient (Wildman–Crippen LogP) is 3.34. The first kappa shape index (κ1) is 19.5. The Balaban J connectivity index is 1.45. The second kappa shape index (κ2) is 8.27. The number of hydrogen-bond acceptors (Lipinski definition) is 3. The minimum Gasteiger partial charge on any atom is -0.360 e. The number of benzene rings is 2. The molecule has 2 aromatic carbocycles. The summed E-state index contributed by atoms with van der Waals surface area (Å²) in [5.41, 5.74) is 4.58. The summed E-state index contributed by atoms with van der Waals surface area (Å²) >= 11 is 0. The summed E-state index contributed by atoms with van der Waals surface area (Å²) in [6, 6.07) is 16.4. The lowest BCUT2D eigenvalue weighted by Gasteiger charge is -2.28. The van der Waals surface area contributed by atoms with Crippen LogP contribution in [0.1, 0.15) is 36.8 Å². The highest BCUT2D eigenvalue weighted by atomic mass is 16.2. The Hall–Kier alpha value is -2.82. The topological polar surface area (TPSA) is 52.7 Å². The minimum atomic E-state index is -0.162. The standard InChI is InChI=1S/C24H29N3O2/c1-17-15-27(22-13-6-5-12-21(22)26(2)24(17)29)16-23(28)25-14-19-10-7-9-18-8-3-4-11-20(18)19/h3-6,8,11-13,17,19H,7,9-10,14-16H2,1-2H3,(H,25,28)/t17-,19+/m0/s1. The van der Waals surface area contributed by atoms with E-state index in [-0.39, 0.29) is 24.3 Å². The fourth-order valence-electron chi connectivity index (χ4n) is 4.65. The lowest BCUT2D eigenvalue weighted by atomic mass is 9.83. The number of fused-ring (bicyclic) bond motifs is 2. The van der Waals surface area contributed by atoms with Crippen molar-refractivity contribution >= 4 is 23.2 Å². The molecule has 2 aliphatic rings. The van der Waals surface area contributed by atoms with Gasteiger partial charge in [0.05, 0.1) is 23.8 Å². The molecule has 152 valence electrons. The maximum atomic E-state index is 12.8. The van der Waals surface area contributed by atoms with Crippen LogP contribution < -0.4 is 15.1 Å². The summed E-state index contributed by atoms with van der Waals surface area (Å²) in [5.74, 6) is 0.309. The Morgan fingerprint density at radius 2 is 1.83 bits per heavy atom. The molecule has 2 atom stereocenters. The zero-order valence-electron chi connectivity index (χ0n) is 17.2. The molecule has 0 aromatic heterocycles. The molecule has 0 saturated heterocycles. The average Bonchev–Trinajstić information content (AvgIpc) is 2.83. The fraction of sp³-hybridized carbons (Fsp3) is 0.417. The van der Waals surface area contributed by atoms with Crippen LogP contribution in [0.25, 0.3) is 0 Å². The average molecular weight is 392 g/mol. The third-order valence-electron chi connectivity index (χ3n) is 6.20. The zero-order valence-corrected chi connectivity index (χ0v) is 17.2. The van der Waals surface area contributed by atoms with Crippen LogP contribution in [0.2, 0.25) is 0 Å². The largest absolute Gasteiger partial charge is 0.360 e. The number of carbonyl (C=O) groups is 2. The van der Waals surface area contributed by atoms with E-state index in [1.54, 1.807) is 4.90 Å². The number of amides is 2. The van der Waals surface area contributed by atoms with E-state index in [9.17, 15) is 9.59 Å². The summed E-state index contributed by atoms with van der Waals surface area (Å²) in [7, 11) is 1.81. The minimum absolute atomic E-state index is 0.00654. The van der Waals surface area contributed by atoms with Crippen LogP contribution in [-0.4, -0.2) is 38.5 Å². The van der Waals surface area contributed by atoms with Crippen molar-refractivity contribution in [3.63, 3.8) is 0 Å². The van der Waals surface area contributed by atoms with Gasteiger partial charge in [-0.15, -0.1) is 0 Å². The van der Waals surface area contributed by atoms with E-state index in [0.29, 0.717) is 19.0 Å². The first-order chi connectivity index (χ1) is 14.0. The van der Waals surface area contributed by atoms with E-state index in [1.165, 1.54) is 17.5 Å². The molecule has 1 N–H and O–H groups in total. The van der Waals surface area contributed by atoms with Crippen molar-refractivity contribution in [2.75, 3.05) is 36.5 Å². The molecule has 1 heterocycles. The van der Waals surface area contributed by atoms with Gasteiger partial charge in [-0.1, -0.05) is 43.3 Å². The van der Waals surface area contributed by atoms with E-state index in [1.807, 2.05) is 43.1 Å². The Labute approximate surface area is 172 Å². The van der Waals surface area contributed by atoms with E-state index < -0.39 is 0 Å². The van der Waals surface area contributed by atoms with Crippen molar-refractivity contribution in [1.82, 2.24) is 5.32 Å². The van der Waals surface area contributed by atoms with E-state index >= 15 is 0 Å². The number of anilines is 2. The van der Waals surface area contributed by atoms with E-state index in [4.69, 9.17) is 0 Å². The molecule has 2 aromatic rings. The smallest absolute Gasteiger partial charge is 0.239 e. The van der Waals surface area contributed by atoms with Gasteiger partial charge in [-0.3, -0.25) is 9.59 Å². The Morgan fingerprint density at radius 3 is 2.66 bits per heavy atom. The van der Waals surface area contributed by atoms with Gasteiger partial charge in [0.1, 0.15) is 0 Å². The molecule has 0 bridgehead atoms. The predicted molar refractivity (Wildman–Crippen MR) is 116 cm³/mol. The SMILES string of the molecule is C[C@H]1CN(CC(=O)NC[C@H]2CCCc3ccccc32)c2ccccc2N(C)C1=O. The van der Waals surface area contributed by atoms with Gasteiger partial charge >= 0.3 is 0 Å². The molecular weight excluding hydrogens is 362 g/mol. The number of para-hydroxylation sites is 2. The molecule has 0 saturated carbocycles. The van der Waals surface area contributed by atoms with Gasteiger partial charge in [0.15, 0.2) is 0 Å². The second-order valence-corrected chi connectivity index (χ2v) is 8.26. The Morgan fingerprint density at radius 1 is 1.10 bits per heavy atom. The van der Waals surface area contributed by atoms with Crippen LogP contribution in [0.3, 0.4) is 0 Å². The molecule has 0 unspecified atom stereocenters. The van der Waals surface area contributed by atoms with Crippen molar-refractivity contribution in [2.24, 2.45) is 5.92 Å². The molecular formula is C24H29N3O2. The highest BCUT2D eigenvalue weighted by molar-refractivity contribution is 6.00. The summed E-state index contributed by atoms with van der Waals surface area (Å²) in [6.07, 6.45) is 3.41. The van der Waals surface area contributed by atoms with Crippen LogP contribution in [-0.2, 0) is 16.0 Å². The van der Waals surface area contributed by atoms with E-state index in [2.05, 4.69) is 29.6 Å². The van der Waals surface area contributed by atoms with Crippen LogP contribution in [0.5, 0.6) is 0 Å². The van der Waals surface area contributed by atoms with Gasteiger partial charge in [-0.05, 0) is 42.5 Å². The summed E-state index contributed by atoms with van der Waals surface area (Å²) in [4.78, 5) is 29.1. The van der Waals surface area contributed by atoms with Crippen molar-refractivity contribution < 1.29 is 9.59 Å². The van der Waals surface area contributed by atoms with Crippen LogP contribution in [0.4, 0.5) is 11.4 Å². The number of aryl methyl sites for hydroxylation is 1. The maximum Gasteiger partial charge on any atom is 0.239 e. The van der Waals surface area contributed by atoms with E-state index in [0.717, 1.165) is 24.2 Å². The summed E-state index contributed by atoms with van der Waals surface area (Å²) in [5, 5.41) is 3.15. The van der Waals surface area contributed by atoms with Gasteiger partial charge in [-0.25, -0.2) is 0 Å². The monoisotopic (exact) mass is 391 g/mol. The Bertz CT molecular complexity index is 911. The number of nitrogens with zero attached hydrogens (tertiary/aromatic N) is 2. The fourth-order valence-corrected chi connectivity index (χ4v) is 4.65. The lowest BCUT2D eigenvalue weighted by Crippen LogP contribution is -2.41. The molecule has 1 aliphatic carbocycles. The molecule has 0 fully saturated rings. The highest BCUT2D eigenvalue weighted by Crippen LogP contribution is 2.33. The van der Waals surface area contributed by atoms with Gasteiger partial charge in [0, 0.05) is 26.1 Å². The third-order valence-corrected chi connectivity index (χ3v) is 6.20. The van der Waals surface area contributed by atoms with Crippen molar-refractivity contribution in [3.05, 3.63) is 59.7 Å². The molecule has 2 amide bonds. The second-order valence-electron chi connectivity index (χ2n) is 8.26. The number of carbonyl (C=O) groups excluding carboxylic acids is 2. The van der Waals surface area contributed by atoms with Crippen LogP contribution in [0, 0.1) is 5.92 Å². The summed E-state index contributed by atoms with van der Waals surface area (Å²) in [6.45, 7) is 3.39. The van der Waals surface area contributed by atoms with Crippen molar-refractivity contribution in [1.29, 1.82) is 0 Å². The highest BCUT2D eigenvalue weighted by Gasteiger charge is 2.30. The molecule has 0 spiro atoms. The van der Waals surface area contributed by atoms with Crippen molar-refractivity contribution in [3.8, 4) is 0 Å².